The molecule has 0 aliphatic carbocycles. The molecule has 0 radical (unpaired) electrons. The number of nitro benzene ring substituents is 2. The van der Waals surface area contributed by atoms with Gasteiger partial charge in [0.1, 0.15) is 5.69 Å². The highest BCUT2D eigenvalue weighted by atomic mass is 16.6. The second-order valence-corrected chi connectivity index (χ2v) is 4.52. The van der Waals surface area contributed by atoms with E-state index >= 15 is 0 Å². The molecule has 0 spiro atoms. The first kappa shape index (κ1) is 16.3. The van der Waals surface area contributed by atoms with Crippen molar-refractivity contribution in [3.05, 3.63) is 38.4 Å². The van der Waals surface area contributed by atoms with Crippen LogP contribution in [-0.4, -0.2) is 27.5 Å². The summed E-state index contributed by atoms with van der Waals surface area (Å²) in [6.45, 7) is 1.92. The third-order valence-electron chi connectivity index (χ3n) is 2.94. The van der Waals surface area contributed by atoms with Crippen LogP contribution in [0.3, 0.4) is 0 Å². The zero-order valence-corrected chi connectivity index (χ0v) is 11.3. The Hall–Kier alpha value is -2.71. The molecular formula is C12H15N3O6. The number of hydrogen-bond donors (Lipinski definition) is 2. The monoisotopic (exact) mass is 297 g/mol. The molecule has 0 heterocycles. The number of carboxylic acids is 1. The molecule has 0 saturated carbocycles. The summed E-state index contributed by atoms with van der Waals surface area (Å²) >= 11 is 0. The number of carboxylic acid groups (broad SMARTS) is 1. The van der Waals surface area contributed by atoms with Crippen LogP contribution in [0.1, 0.15) is 19.8 Å². The summed E-state index contributed by atoms with van der Waals surface area (Å²) in [6.07, 6.45) is 0.949. The van der Waals surface area contributed by atoms with Gasteiger partial charge in [0.05, 0.1) is 21.8 Å². The Morgan fingerprint density at radius 1 is 1.33 bits per heavy atom. The number of rotatable bonds is 8. The Labute approximate surface area is 119 Å². The second kappa shape index (κ2) is 7.17. The number of benzene rings is 1. The van der Waals surface area contributed by atoms with Gasteiger partial charge in [-0.3, -0.25) is 25.0 Å². The molecule has 1 aromatic rings. The molecule has 1 unspecified atom stereocenters. The lowest BCUT2D eigenvalue weighted by atomic mass is 10.1. The fraction of sp³-hybridized carbons (Fsp3) is 0.417. The number of nitrogens with zero attached hydrogens (tertiary/aromatic N) is 2. The van der Waals surface area contributed by atoms with Crippen molar-refractivity contribution in [1.29, 1.82) is 0 Å². The van der Waals surface area contributed by atoms with Crippen molar-refractivity contribution in [3.63, 3.8) is 0 Å². The van der Waals surface area contributed by atoms with Crippen molar-refractivity contribution in [2.75, 3.05) is 11.9 Å². The Kier molecular flexibility index (Phi) is 5.58. The van der Waals surface area contributed by atoms with E-state index in [1.807, 2.05) is 0 Å². The number of anilines is 1. The first-order valence-corrected chi connectivity index (χ1v) is 6.22. The molecule has 0 aliphatic heterocycles. The Bertz CT molecular complexity index is 560. The number of carbonyl (C=O) groups is 1. The third-order valence-corrected chi connectivity index (χ3v) is 2.94. The minimum atomic E-state index is -0.892. The van der Waals surface area contributed by atoms with Crippen LogP contribution in [0.5, 0.6) is 0 Å². The number of nitro groups is 2. The number of hydrogen-bond acceptors (Lipinski definition) is 6. The van der Waals surface area contributed by atoms with E-state index < -0.39 is 21.7 Å². The lowest BCUT2D eigenvalue weighted by Gasteiger charge is -2.08. The van der Waals surface area contributed by atoms with Gasteiger partial charge in [0, 0.05) is 12.6 Å². The van der Waals surface area contributed by atoms with Gasteiger partial charge in [-0.2, -0.15) is 0 Å². The van der Waals surface area contributed by atoms with Crippen LogP contribution < -0.4 is 5.32 Å². The molecule has 1 atom stereocenters. The maximum Gasteiger partial charge on any atom is 0.306 e. The van der Waals surface area contributed by atoms with E-state index in [4.69, 9.17) is 5.11 Å². The molecule has 114 valence electrons. The molecule has 0 saturated heterocycles. The molecule has 9 nitrogen and oxygen atoms in total. The molecule has 0 fully saturated rings. The number of nitrogens with one attached hydrogen (secondary N) is 1. The lowest BCUT2D eigenvalue weighted by molar-refractivity contribution is -0.393. The van der Waals surface area contributed by atoms with Crippen LogP contribution in [0.4, 0.5) is 17.1 Å². The number of non-ortho nitro benzene ring substituents is 1. The number of aliphatic carboxylic acids is 1. The quantitative estimate of drug-likeness (QED) is 0.427. The average Bonchev–Trinajstić information content (AvgIpc) is 2.42. The largest absolute Gasteiger partial charge is 0.481 e. The highest BCUT2D eigenvalue weighted by Crippen LogP contribution is 2.28. The zero-order valence-electron chi connectivity index (χ0n) is 11.3. The normalized spacial score (nSPS) is 11.7. The van der Waals surface area contributed by atoms with Crippen LogP contribution in [0.2, 0.25) is 0 Å². The second-order valence-electron chi connectivity index (χ2n) is 4.52. The maximum absolute atomic E-state index is 10.9. The summed E-state index contributed by atoms with van der Waals surface area (Å²) in [5.41, 5.74) is -0.559. The first-order chi connectivity index (χ1) is 9.82. The van der Waals surface area contributed by atoms with Gasteiger partial charge < -0.3 is 10.4 Å². The van der Waals surface area contributed by atoms with E-state index in [2.05, 4.69) is 5.32 Å². The fourth-order valence-electron chi connectivity index (χ4n) is 1.69. The minimum Gasteiger partial charge on any atom is -0.481 e. The van der Waals surface area contributed by atoms with Crippen LogP contribution >= 0.6 is 0 Å². The van der Waals surface area contributed by atoms with Crippen molar-refractivity contribution in [2.45, 2.75) is 19.8 Å². The molecular weight excluding hydrogens is 282 g/mol. The summed E-state index contributed by atoms with van der Waals surface area (Å²) in [5, 5.41) is 33.0. The van der Waals surface area contributed by atoms with Crippen molar-refractivity contribution < 1.29 is 19.7 Å². The van der Waals surface area contributed by atoms with Gasteiger partial charge in [-0.05, 0) is 18.9 Å². The van der Waals surface area contributed by atoms with Gasteiger partial charge in [0.25, 0.3) is 11.4 Å². The fourth-order valence-corrected chi connectivity index (χ4v) is 1.69. The van der Waals surface area contributed by atoms with Crippen LogP contribution in [0.15, 0.2) is 18.2 Å². The molecule has 2 N–H and O–H groups in total. The van der Waals surface area contributed by atoms with Gasteiger partial charge in [0.2, 0.25) is 0 Å². The van der Waals surface area contributed by atoms with E-state index in [9.17, 15) is 25.0 Å². The Balaban J connectivity index is 2.68. The summed E-state index contributed by atoms with van der Waals surface area (Å²) in [5.74, 6) is -1.38. The standard InChI is InChI=1S/C12H15N3O6/c1-8(12(16)17)3-2-6-13-10-5-4-9(14(18)19)7-11(10)15(20)21/h4-5,7-8,13H,2-3,6H2,1H3,(H,16,17). The Morgan fingerprint density at radius 2 is 2.00 bits per heavy atom. The summed E-state index contributed by atoms with van der Waals surface area (Å²) in [4.78, 5) is 30.7. The van der Waals surface area contributed by atoms with Gasteiger partial charge >= 0.3 is 5.97 Å². The molecule has 0 bridgehead atoms. The smallest absolute Gasteiger partial charge is 0.306 e. The minimum absolute atomic E-state index is 0.175. The third kappa shape index (κ3) is 4.71. The molecule has 1 rings (SSSR count). The summed E-state index contributed by atoms with van der Waals surface area (Å²) in [7, 11) is 0. The van der Waals surface area contributed by atoms with Crippen molar-refractivity contribution >= 4 is 23.0 Å². The van der Waals surface area contributed by atoms with E-state index in [1.165, 1.54) is 12.1 Å². The molecule has 0 aromatic heterocycles. The maximum atomic E-state index is 10.9. The van der Waals surface area contributed by atoms with Crippen LogP contribution in [0, 0.1) is 26.1 Å². The topological polar surface area (TPSA) is 136 Å². The SMILES string of the molecule is CC(CCCNc1ccc([N+](=O)[O-])cc1[N+](=O)[O-])C(=O)O. The molecule has 21 heavy (non-hydrogen) atoms. The van der Waals surface area contributed by atoms with Gasteiger partial charge in [0.15, 0.2) is 0 Å². The summed E-state index contributed by atoms with van der Waals surface area (Å²) < 4.78 is 0. The van der Waals surface area contributed by atoms with E-state index in [1.54, 1.807) is 6.92 Å². The lowest BCUT2D eigenvalue weighted by Crippen LogP contribution is -2.12. The van der Waals surface area contributed by atoms with E-state index in [0.29, 0.717) is 19.4 Å². The molecule has 0 amide bonds. The zero-order chi connectivity index (χ0) is 16.0. The molecule has 1 aromatic carbocycles. The van der Waals surface area contributed by atoms with E-state index in [-0.39, 0.29) is 17.1 Å². The van der Waals surface area contributed by atoms with Crippen LogP contribution in [0.25, 0.3) is 0 Å². The van der Waals surface area contributed by atoms with Crippen molar-refractivity contribution in [3.8, 4) is 0 Å². The van der Waals surface area contributed by atoms with Gasteiger partial charge in [-0.15, -0.1) is 0 Å². The molecule has 9 heteroatoms. The highest BCUT2D eigenvalue weighted by molar-refractivity contribution is 5.69. The first-order valence-electron chi connectivity index (χ1n) is 6.22. The average molecular weight is 297 g/mol. The Morgan fingerprint density at radius 3 is 2.52 bits per heavy atom. The summed E-state index contributed by atoms with van der Waals surface area (Å²) in [6, 6.07) is 3.34. The predicted molar refractivity (Wildman–Crippen MR) is 74.3 cm³/mol. The van der Waals surface area contributed by atoms with Crippen LogP contribution in [-0.2, 0) is 4.79 Å². The van der Waals surface area contributed by atoms with Crippen molar-refractivity contribution in [1.82, 2.24) is 0 Å². The van der Waals surface area contributed by atoms with Gasteiger partial charge in [-0.1, -0.05) is 6.92 Å². The van der Waals surface area contributed by atoms with E-state index in [0.717, 1.165) is 6.07 Å². The predicted octanol–water partition coefficient (Wildman–Crippen LogP) is 2.42. The highest BCUT2D eigenvalue weighted by Gasteiger charge is 2.19. The van der Waals surface area contributed by atoms with Gasteiger partial charge in [-0.25, -0.2) is 0 Å². The van der Waals surface area contributed by atoms with Crippen molar-refractivity contribution in [2.24, 2.45) is 5.92 Å². The molecule has 0 aliphatic rings.